The van der Waals surface area contributed by atoms with Crippen molar-refractivity contribution in [3.8, 4) is 5.75 Å². The van der Waals surface area contributed by atoms with Gasteiger partial charge in [0.15, 0.2) is 34.7 Å². The van der Waals surface area contributed by atoms with Crippen molar-refractivity contribution < 1.29 is 34.2 Å². The second kappa shape index (κ2) is 9.92. The summed E-state index contributed by atoms with van der Waals surface area (Å²) >= 11 is 7.00. The second-order valence-electron chi connectivity index (χ2n) is 15.1. The summed E-state index contributed by atoms with van der Waals surface area (Å²) in [7, 11) is 5.19. The number of hydrogen-bond donors (Lipinski definition) is 3. The zero-order valence-corrected chi connectivity index (χ0v) is 26.9. The Morgan fingerprint density at radius 1 is 1.09 bits per heavy atom. The van der Waals surface area contributed by atoms with Crippen molar-refractivity contribution in [2.24, 2.45) is 46.2 Å². The van der Waals surface area contributed by atoms with Gasteiger partial charge < -0.3 is 15.9 Å². The number of carbonyl (C=O) groups excluding carboxylic acids is 5. The van der Waals surface area contributed by atoms with Crippen molar-refractivity contribution >= 4 is 40.6 Å². The van der Waals surface area contributed by atoms with E-state index in [0.29, 0.717) is 34.7 Å². The van der Waals surface area contributed by atoms with Gasteiger partial charge in [-0.3, -0.25) is 33.8 Å². The summed E-state index contributed by atoms with van der Waals surface area (Å²) in [6.07, 6.45) is 3.60. The summed E-state index contributed by atoms with van der Waals surface area (Å²) in [6, 6.07) is 0.670. The standard InChI is InChI=1S/C33H42ClN3O7/c1-31(2)16-7-8-32(31,3)20(12-16)37(6)13-15-11-19(38)22-17(24(15)34)9-14-10-18-25(36(4)5)27(40)23(30(35)43)29(42)33(18,44)28(41)21(14)26(22)39/h11,14,16,18,20-21,23,25,38,44H,7-10,12-13H2,1-6H3,(H2,35,43)/t14-,16?,18-,20+,21?,23?,25-,32?,33-/m0/s1. The Morgan fingerprint density at radius 3 is 2.30 bits per heavy atom. The lowest BCUT2D eigenvalue weighted by Crippen LogP contribution is -2.74. The average molecular weight is 628 g/mol. The maximum Gasteiger partial charge on any atom is 0.235 e. The molecule has 4 saturated carbocycles. The average Bonchev–Trinajstić information content (AvgIpc) is 3.27. The SMILES string of the molecule is CN(C)[C@@H]1C(=O)C(C(N)=O)C(=O)[C@@]2(O)C(=O)C3C(=O)c4c(O)cc(CN(C)[C@@H]5CC6CCC5(C)C6(C)C)c(Cl)c4C[C@H]3C[C@@H]12. The number of benzene rings is 1. The maximum absolute atomic E-state index is 14.0. The van der Waals surface area contributed by atoms with Gasteiger partial charge in [0, 0.05) is 23.5 Å². The van der Waals surface area contributed by atoms with Crippen molar-refractivity contribution in [3.63, 3.8) is 0 Å². The molecular formula is C33H42ClN3O7. The normalized spacial score (nSPS) is 39.1. The van der Waals surface area contributed by atoms with Gasteiger partial charge in [-0.1, -0.05) is 32.4 Å². The van der Waals surface area contributed by atoms with Gasteiger partial charge in [0.05, 0.1) is 17.5 Å². The molecule has 0 radical (unpaired) electrons. The van der Waals surface area contributed by atoms with Crippen LogP contribution in [0.1, 0.15) is 67.9 Å². The number of amides is 1. The first kappa shape index (κ1) is 31.3. The lowest BCUT2D eigenvalue weighted by atomic mass is 9.52. The largest absolute Gasteiger partial charge is 0.507 e. The summed E-state index contributed by atoms with van der Waals surface area (Å²) in [5, 5.41) is 23.3. The van der Waals surface area contributed by atoms with E-state index in [9.17, 15) is 34.2 Å². The fourth-order valence-electron chi connectivity index (χ4n) is 10.0. The third-order valence-electron chi connectivity index (χ3n) is 12.8. The van der Waals surface area contributed by atoms with Gasteiger partial charge in [0.25, 0.3) is 0 Å². The monoisotopic (exact) mass is 627 g/mol. The molecule has 0 saturated heterocycles. The van der Waals surface area contributed by atoms with Gasteiger partial charge in [0.1, 0.15) is 5.75 Å². The van der Waals surface area contributed by atoms with Crippen LogP contribution in [0.4, 0.5) is 0 Å². The number of phenolic OH excluding ortho intramolecular Hbond substituents is 1. The fraction of sp³-hybridized carbons (Fsp3) is 0.667. The first-order chi connectivity index (χ1) is 20.4. The lowest BCUT2D eigenvalue weighted by Gasteiger charge is -2.52. The zero-order valence-electron chi connectivity index (χ0n) is 26.1. The number of ketones is 4. The van der Waals surface area contributed by atoms with Crippen molar-refractivity contribution in [1.82, 2.24) is 9.80 Å². The Balaban J connectivity index is 1.36. The third-order valence-corrected chi connectivity index (χ3v) is 13.2. The zero-order chi connectivity index (χ0) is 32.4. The summed E-state index contributed by atoms with van der Waals surface area (Å²) < 4.78 is 0. The highest BCUT2D eigenvalue weighted by molar-refractivity contribution is 6.34. The van der Waals surface area contributed by atoms with Crippen LogP contribution >= 0.6 is 11.6 Å². The molecule has 4 fully saturated rings. The van der Waals surface area contributed by atoms with Crippen LogP contribution in [0.15, 0.2) is 6.07 Å². The minimum absolute atomic E-state index is 0.0119. The van der Waals surface area contributed by atoms with E-state index in [1.54, 1.807) is 14.1 Å². The second-order valence-corrected chi connectivity index (χ2v) is 15.4. The molecule has 6 rings (SSSR count). The number of rotatable bonds is 5. The van der Waals surface area contributed by atoms with E-state index in [1.807, 2.05) is 0 Å². The van der Waals surface area contributed by atoms with Crippen LogP contribution in [0, 0.1) is 40.4 Å². The minimum atomic E-state index is -2.75. The third kappa shape index (κ3) is 3.86. The molecule has 44 heavy (non-hydrogen) atoms. The van der Waals surface area contributed by atoms with Crippen LogP contribution in [0.5, 0.6) is 5.75 Å². The lowest BCUT2D eigenvalue weighted by molar-refractivity contribution is -0.181. The predicted octanol–water partition coefficient (Wildman–Crippen LogP) is 2.17. The molecule has 4 unspecified atom stereocenters. The van der Waals surface area contributed by atoms with Crippen LogP contribution in [0.25, 0.3) is 0 Å². The van der Waals surface area contributed by atoms with Gasteiger partial charge in [0.2, 0.25) is 5.91 Å². The van der Waals surface area contributed by atoms with Crippen LogP contribution in [0.3, 0.4) is 0 Å². The van der Waals surface area contributed by atoms with Crippen LogP contribution in [-0.2, 0) is 32.1 Å². The Bertz CT molecular complexity index is 1520. The number of likely N-dealkylation sites (N-methyl/N-ethyl adjacent to an activating group) is 1. The summed E-state index contributed by atoms with van der Waals surface area (Å²) in [6.45, 7) is 7.54. The minimum Gasteiger partial charge on any atom is -0.507 e. The Kier molecular flexibility index (Phi) is 7.06. The first-order valence-corrected chi connectivity index (χ1v) is 15.8. The molecule has 4 N–H and O–H groups in total. The van der Waals surface area contributed by atoms with E-state index < -0.39 is 64.4 Å². The molecular weight excluding hydrogens is 586 g/mol. The number of aromatic hydroxyl groups is 1. The summed E-state index contributed by atoms with van der Waals surface area (Å²) in [5.41, 5.74) is 4.02. The smallest absolute Gasteiger partial charge is 0.235 e. The van der Waals surface area contributed by atoms with Crippen molar-refractivity contribution in [2.75, 3.05) is 21.1 Å². The fourth-order valence-corrected chi connectivity index (χ4v) is 10.3. The molecule has 1 aromatic rings. The molecule has 1 amide bonds. The predicted molar refractivity (Wildman–Crippen MR) is 161 cm³/mol. The molecule has 0 heterocycles. The van der Waals surface area contributed by atoms with E-state index in [0.717, 1.165) is 12.8 Å². The number of carbonyl (C=O) groups is 5. The van der Waals surface area contributed by atoms with Crippen molar-refractivity contribution in [2.45, 2.75) is 77.1 Å². The molecule has 5 aliphatic rings. The highest BCUT2D eigenvalue weighted by atomic mass is 35.5. The van der Waals surface area contributed by atoms with E-state index in [1.165, 1.54) is 17.4 Å². The number of hydrogen-bond acceptors (Lipinski definition) is 9. The number of nitrogens with zero attached hydrogens (tertiary/aromatic N) is 2. The number of Topliss-reactive ketones (excluding diaryl/α,β-unsaturated/α-hetero) is 4. The number of phenols is 1. The number of primary amides is 1. The molecule has 0 aromatic heterocycles. The number of nitrogens with two attached hydrogens (primary N) is 1. The molecule has 9 atom stereocenters. The number of aliphatic hydroxyl groups is 1. The van der Waals surface area contributed by atoms with Gasteiger partial charge in [-0.2, -0.15) is 0 Å². The topological polar surface area (TPSA) is 158 Å². The molecule has 2 bridgehead atoms. The summed E-state index contributed by atoms with van der Waals surface area (Å²) in [5.74, 6) is -10.0. The first-order valence-electron chi connectivity index (χ1n) is 15.5. The molecule has 5 aliphatic carbocycles. The van der Waals surface area contributed by atoms with Crippen LogP contribution < -0.4 is 5.73 Å². The van der Waals surface area contributed by atoms with Gasteiger partial charge in [-0.25, -0.2) is 0 Å². The number of halogens is 1. The molecule has 238 valence electrons. The van der Waals surface area contributed by atoms with Crippen LogP contribution in [0.2, 0.25) is 5.02 Å². The van der Waals surface area contributed by atoms with Crippen molar-refractivity contribution in [3.05, 3.63) is 27.8 Å². The van der Waals surface area contributed by atoms with E-state index in [-0.39, 0.29) is 35.0 Å². The van der Waals surface area contributed by atoms with E-state index in [2.05, 4.69) is 32.7 Å². The highest BCUT2D eigenvalue weighted by Gasteiger charge is 2.69. The van der Waals surface area contributed by atoms with Crippen LogP contribution in [-0.4, -0.2) is 87.9 Å². The highest BCUT2D eigenvalue weighted by Crippen LogP contribution is 2.66. The molecule has 0 aliphatic heterocycles. The molecule has 1 aromatic carbocycles. The van der Waals surface area contributed by atoms with E-state index >= 15 is 0 Å². The molecule has 10 nitrogen and oxygen atoms in total. The van der Waals surface area contributed by atoms with Gasteiger partial charge in [-0.05, 0) is 93.1 Å². The van der Waals surface area contributed by atoms with Gasteiger partial charge in [-0.15, -0.1) is 0 Å². The Labute approximate surface area is 262 Å². The molecule has 0 spiro atoms. The number of fused-ring (bicyclic) bond motifs is 5. The van der Waals surface area contributed by atoms with Gasteiger partial charge >= 0.3 is 0 Å². The molecule has 11 heteroatoms. The Morgan fingerprint density at radius 2 is 1.75 bits per heavy atom. The quantitative estimate of drug-likeness (QED) is 0.416. The summed E-state index contributed by atoms with van der Waals surface area (Å²) in [4.78, 5) is 70.6. The van der Waals surface area contributed by atoms with E-state index in [4.69, 9.17) is 17.3 Å². The van der Waals surface area contributed by atoms with Crippen molar-refractivity contribution in [1.29, 1.82) is 0 Å². The maximum atomic E-state index is 14.0. The Hall–Kier alpha value is -2.66.